The molecule has 0 aliphatic heterocycles. The molecule has 0 bridgehead atoms. The molecule has 2 atom stereocenters. The van der Waals surface area contributed by atoms with Crippen LogP contribution in [0.4, 0.5) is 0 Å². The van der Waals surface area contributed by atoms with Gasteiger partial charge in [-0.1, -0.05) is 189 Å². The zero-order valence-corrected chi connectivity index (χ0v) is 42.4. The summed E-state index contributed by atoms with van der Waals surface area (Å²) in [6.45, 7) is 4.59. The van der Waals surface area contributed by atoms with Crippen LogP contribution in [0.15, 0.2) is 85.1 Å². The minimum Gasteiger partial charge on any atom is -0.477 e. The van der Waals surface area contributed by atoms with E-state index < -0.39 is 18.1 Å². The summed E-state index contributed by atoms with van der Waals surface area (Å²) in [5.74, 6) is -1.50. The van der Waals surface area contributed by atoms with Crippen molar-refractivity contribution in [3.05, 3.63) is 85.1 Å². The molecule has 0 saturated heterocycles. The van der Waals surface area contributed by atoms with Crippen LogP contribution in [-0.2, 0) is 28.6 Å². The summed E-state index contributed by atoms with van der Waals surface area (Å²) in [5, 5.41) is 9.66. The number of nitrogens with zero attached hydrogens (tertiary/aromatic N) is 1. The van der Waals surface area contributed by atoms with Crippen LogP contribution >= 0.6 is 0 Å². The third-order valence-electron chi connectivity index (χ3n) is 11.3. The van der Waals surface area contributed by atoms with Crippen molar-refractivity contribution in [2.45, 2.75) is 219 Å². The monoisotopic (exact) mass is 909 g/mol. The van der Waals surface area contributed by atoms with E-state index in [1.165, 1.54) is 77.0 Å². The first-order chi connectivity index (χ1) is 31.6. The first-order valence-electron chi connectivity index (χ1n) is 26.1. The number of aliphatic carboxylic acids is 1. The van der Waals surface area contributed by atoms with Crippen LogP contribution in [0.5, 0.6) is 0 Å². The van der Waals surface area contributed by atoms with E-state index >= 15 is 0 Å². The van der Waals surface area contributed by atoms with Crippen molar-refractivity contribution in [1.82, 2.24) is 0 Å². The Labute approximate surface area is 399 Å². The molecule has 0 aromatic rings. The number of esters is 2. The van der Waals surface area contributed by atoms with Gasteiger partial charge in [0.15, 0.2) is 12.1 Å². The Hall–Kier alpha value is -3.49. The molecule has 1 N–H and O–H groups in total. The number of likely N-dealkylation sites (N-methyl/N-ethyl adjacent to an activating group) is 1. The number of hydrogen-bond donors (Lipinski definition) is 1. The molecule has 0 saturated carbocycles. The Bertz CT molecular complexity index is 1330. The van der Waals surface area contributed by atoms with Crippen LogP contribution in [0.25, 0.3) is 0 Å². The van der Waals surface area contributed by atoms with E-state index in [1.807, 2.05) is 21.1 Å². The van der Waals surface area contributed by atoms with Gasteiger partial charge in [-0.3, -0.25) is 9.59 Å². The van der Waals surface area contributed by atoms with E-state index in [2.05, 4.69) is 98.9 Å². The molecule has 8 nitrogen and oxygen atoms in total. The Morgan fingerprint density at radius 3 is 1.37 bits per heavy atom. The summed E-state index contributed by atoms with van der Waals surface area (Å²) in [5.41, 5.74) is 0. The first kappa shape index (κ1) is 61.5. The Morgan fingerprint density at radius 1 is 0.492 bits per heavy atom. The molecule has 8 heteroatoms. The Balaban J connectivity index is 4.30. The molecule has 65 heavy (non-hydrogen) atoms. The fourth-order valence-electron chi connectivity index (χ4n) is 7.29. The number of carbonyl (C=O) groups excluding carboxylic acids is 2. The molecule has 0 radical (unpaired) electrons. The van der Waals surface area contributed by atoms with Gasteiger partial charge in [0.25, 0.3) is 0 Å². The Morgan fingerprint density at radius 2 is 0.908 bits per heavy atom. The molecular weight excluding hydrogens is 811 g/mol. The summed E-state index contributed by atoms with van der Waals surface area (Å²) >= 11 is 0. The van der Waals surface area contributed by atoms with Gasteiger partial charge in [-0.2, -0.15) is 0 Å². The van der Waals surface area contributed by atoms with Crippen molar-refractivity contribution in [3.8, 4) is 0 Å². The number of ether oxygens (including phenoxy) is 3. The summed E-state index contributed by atoms with van der Waals surface area (Å²) in [6.07, 6.45) is 62.0. The van der Waals surface area contributed by atoms with Crippen molar-refractivity contribution in [2.24, 2.45) is 0 Å². The van der Waals surface area contributed by atoms with Gasteiger partial charge in [0.2, 0.25) is 0 Å². The largest absolute Gasteiger partial charge is 0.477 e. The van der Waals surface area contributed by atoms with Crippen LogP contribution < -0.4 is 0 Å². The van der Waals surface area contributed by atoms with Crippen molar-refractivity contribution in [2.75, 3.05) is 41.0 Å². The number of quaternary nitrogens is 1. The fraction of sp³-hybridized carbons (Fsp3) is 0.702. The van der Waals surface area contributed by atoms with E-state index in [1.54, 1.807) is 0 Å². The van der Waals surface area contributed by atoms with Gasteiger partial charge >= 0.3 is 17.9 Å². The molecule has 2 unspecified atom stereocenters. The zero-order chi connectivity index (χ0) is 47.7. The highest BCUT2D eigenvalue weighted by atomic mass is 16.6. The standard InChI is InChI=1S/C57H97NO7/c1-6-8-10-12-14-16-18-20-22-24-26-27-28-29-30-32-33-35-37-39-41-43-45-47-55(59)64-52-53(51-63-50-49-54(57(61)62)58(3,4)5)65-56(60)48-46-44-42-40-38-36-34-31-25-23-21-19-17-15-13-11-9-7-2/h8,10,14,16,20,22-23,25-27,29-31,34,53-54H,6-7,9,11-13,15,17-19,21,24,28,32-33,35-52H2,1-5H3/p+1/b10-8+,16-14+,22-20+,25-23+,27-26+,30-29+,34-31+. The lowest BCUT2D eigenvalue weighted by Crippen LogP contribution is -2.50. The van der Waals surface area contributed by atoms with Crippen molar-refractivity contribution >= 4 is 17.9 Å². The predicted molar refractivity (Wildman–Crippen MR) is 275 cm³/mol. The summed E-state index contributed by atoms with van der Waals surface area (Å²) in [6, 6.07) is -0.624. The second-order valence-corrected chi connectivity index (χ2v) is 18.4. The van der Waals surface area contributed by atoms with Crippen molar-refractivity contribution in [1.29, 1.82) is 0 Å². The average Bonchev–Trinajstić information content (AvgIpc) is 3.27. The number of carbonyl (C=O) groups is 3. The second-order valence-electron chi connectivity index (χ2n) is 18.4. The minimum atomic E-state index is -0.881. The van der Waals surface area contributed by atoms with Crippen LogP contribution in [-0.4, -0.2) is 80.6 Å². The molecule has 0 aromatic heterocycles. The van der Waals surface area contributed by atoms with Crippen LogP contribution in [0.1, 0.15) is 206 Å². The maximum absolute atomic E-state index is 12.8. The van der Waals surface area contributed by atoms with Crippen LogP contribution in [0, 0.1) is 0 Å². The van der Waals surface area contributed by atoms with Gasteiger partial charge in [0, 0.05) is 19.3 Å². The number of carboxylic acid groups (broad SMARTS) is 1. The molecule has 0 fully saturated rings. The molecule has 0 aliphatic rings. The molecule has 0 amide bonds. The smallest absolute Gasteiger partial charge is 0.362 e. The molecule has 0 rings (SSSR count). The first-order valence-corrected chi connectivity index (χ1v) is 26.1. The van der Waals surface area contributed by atoms with Gasteiger partial charge in [-0.25, -0.2) is 4.79 Å². The maximum Gasteiger partial charge on any atom is 0.362 e. The van der Waals surface area contributed by atoms with Gasteiger partial charge < -0.3 is 23.8 Å². The fourth-order valence-corrected chi connectivity index (χ4v) is 7.29. The van der Waals surface area contributed by atoms with E-state index in [-0.39, 0.29) is 36.2 Å². The number of hydrogen-bond acceptors (Lipinski definition) is 6. The van der Waals surface area contributed by atoms with Crippen molar-refractivity contribution in [3.63, 3.8) is 0 Å². The quantitative estimate of drug-likeness (QED) is 0.0213. The van der Waals surface area contributed by atoms with Crippen molar-refractivity contribution < 1.29 is 38.2 Å². The maximum atomic E-state index is 12.8. The SMILES string of the molecule is CC/C=C/C/C=C/C/C=C/C/C=C/C/C=C/CCCCCCCCCC(=O)OCC(COCCC(C(=O)O)[N+](C)(C)C)OC(=O)CCCCCCC/C=C/C=C/CCCCCCCCC. The second kappa shape index (κ2) is 47.0. The zero-order valence-electron chi connectivity index (χ0n) is 42.4. The highest BCUT2D eigenvalue weighted by Crippen LogP contribution is 2.14. The minimum absolute atomic E-state index is 0.0470. The topological polar surface area (TPSA) is 99.1 Å². The highest BCUT2D eigenvalue weighted by Gasteiger charge is 2.31. The van der Waals surface area contributed by atoms with Gasteiger partial charge in [0.05, 0.1) is 34.4 Å². The number of carboxylic acids is 1. The van der Waals surface area contributed by atoms with Gasteiger partial charge in [0.1, 0.15) is 6.61 Å². The molecule has 0 aliphatic carbocycles. The van der Waals surface area contributed by atoms with E-state index in [0.717, 1.165) is 96.3 Å². The lowest BCUT2D eigenvalue weighted by Gasteiger charge is -2.31. The summed E-state index contributed by atoms with van der Waals surface area (Å²) in [7, 11) is 5.52. The Kier molecular flexibility index (Phi) is 44.5. The molecule has 0 aromatic carbocycles. The van der Waals surface area contributed by atoms with Crippen LogP contribution in [0.2, 0.25) is 0 Å². The van der Waals surface area contributed by atoms with E-state index in [9.17, 15) is 19.5 Å². The summed E-state index contributed by atoms with van der Waals surface area (Å²) < 4.78 is 17.3. The summed E-state index contributed by atoms with van der Waals surface area (Å²) in [4.78, 5) is 37.2. The molecule has 0 spiro atoms. The lowest BCUT2D eigenvalue weighted by molar-refractivity contribution is -0.887. The van der Waals surface area contributed by atoms with E-state index in [0.29, 0.717) is 19.3 Å². The molecule has 372 valence electrons. The molecule has 0 heterocycles. The normalized spacial score (nSPS) is 13.6. The predicted octanol–water partition coefficient (Wildman–Crippen LogP) is 15.3. The number of rotatable bonds is 46. The third kappa shape index (κ3) is 45.5. The molecular formula is C57H98NO7+. The van der Waals surface area contributed by atoms with E-state index in [4.69, 9.17) is 14.2 Å². The van der Waals surface area contributed by atoms with Crippen LogP contribution in [0.3, 0.4) is 0 Å². The number of allylic oxidation sites excluding steroid dienone is 14. The average molecular weight is 909 g/mol. The highest BCUT2D eigenvalue weighted by molar-refractivity contribution is 5.72. The lowest BCUT2D eigenvalue weighted by atomic mass is 10.1. The number of unbranched alkanes of at least 4 members (excludes halogenated alkanes) is 19. The third-order valence-corrected chi connectivity index (χ3v) is 11.3. The van der Waals surface area contributed by atoms with Gasteiger partial charge in [-0.05, 0) is 83.5 Å². The van der Waals surface area contributed by atoms with Gasteiger partial charge in [-0.15, -0.1) is 0 Å².